The van der Waals surface area contributed by atoms with Gasteiger partial charge in [0.25, 0.3) is 0 Å². The van der Waals surface area contributed by atoms with Gasteiger partial charge in [-0.1, -0.05) is 274 Å². The first-order valence-corrected chi connectivity index (χ1v) is 33.3. The third kappa shape index (κ3) is 60.8. The first kappa shape index (κ1) is 72.7. The zero-order valence-electron chi connectivity index (χ0n) is 49.0. The van der Waals surface area contributed by atoms with Crippen molar-refractivity contribution >= 4 is 19.8 Å². The summed E-state index contributed by atoms with van der Waals surface area (Å²) in [5.41, 5.74) is 5.39. The highest BCUT2D eigenvalue weighted by Gasteiger charge is 2.26. The van der Waals surface area contributed by atoms with E-state index in [1.807, 2.05) is 0 Å². The van der Waals surface area contributed by atoms with Crippen molar-refractivity contribution in [2.24, 2.45) is 5.73 Å². The van der Waals surface area contributed by atoms with Crippen LogP contribution in [0.4, 0.5) is 0 Å². The first-order valence-electron chi connectivity index (χ1n) is 31.8. The number of phosphoric acid groups is 1. The number of phosphoric ester groups is 1. The van der Waals surface area contributed by atoms with E-state index in [0.29, 0.717) is 6.42 Å². The van der Waals surface area contributed by atoms with E-state index in [-0.39, 0.29) is 38.6 Å². The number of esters is 2. The molecule has 0 saturated heterocycles. The molecule has 3 N–H and O–H groups in total. The van der Waals surface area contributed by atoms with Crippen LogP contribution in [0, 0.1) is 0 Å². The molecule has 9 nitrogen and oxygen atoms in total. The summed E-state index contributed by atoms with van der Waals surface area (Å²) in [7, 11) is -4.39. The van der Waals surface area contributed by atoms with Crippen LogP contribution in [-0.4, -0.2) is 49.3 Å². The Hall–Kier alpha value is -2.29. The Balaban J connectivity index is 3.90. The van der Waals surface area contributed by atoms with Crippen molar-refractivity contribution in [3.05, 3.63) is 60.8 Å². The predicted molar refractivity (Wildman–Crippen MR) is 321 cm³/mol. The highest BCUT2D eigenvalue weighted by molar-refractivity contribution is 7.47. The fourth-order valence-corrected chi connectivity index (χ4v) is 9.91. The molecule has 0 aromatic carbocycles. The third-order valence-corrected chi connectivity index (χ3v) is 14.9. The minimum Gasteiger partial charge on any atom is -0.462 e. The summed E-state index contributed by atoms with van der Waals surface area (Å²) < 4.78 is 33.1. The van der Waals surface area contributed by atoms with E-state index in [2.05, 4.69) is 74.6 Å². The van der Waals surface area contributed by atoms with E-state index in [1.165, 1.54) is 212 Å². The number of hydrogen-bond donors (Lipinski definition) is 2. The van der Waals surface area contributed by atoms with Crippen LogP contribution in [0.5, 0.6) is 0 Å². The van der Waals surface area contributed by atoms with Crippen LogP contribution in [0.25, 0.3) is 0 Å². The van der Waals surface area contributed by atoms with Gasteiger partial charge in [-0.3, -0.25) is 18.6 Å². The molecule has 10 heteroatoms. The standard InChI is InChI=1S/C65H120NO8P/c1-3-5-7-9-11-13-15-17-19-21-23-25-27-28-29-30-31-32-33-34-36-37-39-41-43-45-47-49-51-53-55-57-64(67)71-61-63(62-73-75(69,70)72-60-59-66)74-65(68)58-56-54-52-50-48-46-44-42-40-38-35-26-24-22-20-18-16-14-12-10-8-6-4-2/h15-18,21-24,35,38,63H,3-14,19-20,25-34,36-37,39-62,66H2,1-2H3,(H,69,70)/b17-15-,18-16-,23-21-,24-22-,38-35-. The molecule has 2 atom stereocenters. The summed E-state index contributed by atoms with van der Waals surface area (Å²) in [5.74, 6) is -0.825. The minimum absolute atomic E-state index is 0.0514. The van der Waals surface area contributed by atoms with Gasteiger partial charge in [0.2, 0.25) is 0 Å². The average Bonchev–Trinajstić information content (AvgIpc) is 3.40. The van der Waals surface area contributed by atoms with Gasteiger partial charge in [-0.05, 0) is 83.5 Å². The lowest BCUT2D eigenvalue weighted by molar-refractivity contribution is -0.161. The van der Waals surface area contributed by atoms with E-state index in [9.17, 15) is 19.0 Å². The fraction of sp³-hybridized carbons (Fsp3) is 0.815. The van der Waals surface area contributed by atoms with Gasteiger partial charge in [0.1, 0.15) is 6.61 Å². The second kappa shape index (κ2) is 60.9. The van der Waals surface area contributed by atoms with E-state index >= 15 is 0 Å². The number of ether oxygens (including phenoxy) is 2. The third-order valence-electron chi connectivity index (χ3n) is 13.9. The lowest BCUT2D eigenvalue weighted by Crippen LogP contribution is -2.29. The van der Waals surface area contributed by atoms with Crippen LogP contribution >= 0.6 is 7.82 Å². The summed E-state index contributed by atoms with van der Waals surface area (Å²) in [6.45, 7) is 3.75. The molecule has 0 amide bonds. The normalized spacial score (nSPS) is 13.4. The highest BCUT2D eigenvalue weighted by atomic mass is 31.2. The molecule has 2 unspecified atom stereocenters. The topological polar surface area (TPSA) is 134 Å². The van der Waals surface area contributed by atoms with E-state index in [4.69, 9.17) is 24.3 Å². The molecule has 0 rings (SSSR count). The van der Waals surface area contributed by atoms with Crippen LogP contribution < -0.4 is 5.73 Å². The van der Waals surface area contributed by atoms with Crippen molar-refractivity contribution in [1.29, 1.82) is 0 Å². The number of nitrogens with two attached hydrogens (primary N) is 1. The van der Waals surface area contributed by atoms with Gasteiger partial charge in [-0.15, -0.1) is 0 Å². The van der Waals surface area contributed by atoms with Gasteiger partial charge in [-0.2, -0.15) is 0 Å². The molecule has 0 aliphatic heterocycles. The molecule has 0 saturated carbocycles. The Morgan fingerprint density at radius 3 is 1.03 bits per heavy atom. The zero-order valence-corrected chi connectivity index (χ0v) is 49.9. The maximum Gasteiger partial charge on any atom is 0.472 e. The molecule has 438 valence electrons. The molecule has 75 heavy (non-hydrogen) atoms. The van der Waals surface area contributed by atoms with E-state index in [0.717, 1.165) is 64.2 Å². The Kier molecular flexibility index (Phi) is 59.1. The molecule has 0 spiro atoms. The van der Waals surface area contributed by atoms with Gasteiger partial charge in [0.15, 0.2) is 6.10 Å². The van der Waals surface area contributed by atoms with E-state index < -0.39 is 26.5 Å². The maximum absolute atomic E-state index is 12.7. The van der Waals surface area contributed by atoms with Crippen LogP contribution in [0.3, 0.4) is 0 Å². The number of unbranched alkanes of at least 4 members (excludes halogenated alkanes) is 37. The second-order valence-corrected chi connectivity index (χ2v) is 22.7. The van der Waals surface area contributed by atoms with Crippen LogP contribution in [0.15, 0.2) is 60.8 Å². The van der Waals surface area contributed by atoms with Gasteiger partial charge in [-0.25, -0.2) is 4.57 Å². The summed E-state index contributed by atoms with van der Waals surface area (Å²) in [5, 5.41) is 0. The second-order valence-electron chi connectivity index (χ2n) is 21.3. The SMILES string of the molecule is CCCCCCC/C=C\C/C=C\C/C=C\CCCCCCCCCCC(=O)OC(COC(=O)CCCCCCCCCCCCCCCCCCCCC/C=C\C/C=C\CCCCCCC)COP(=O)(O)OCCN. The molecule has 0 aromatic heterocycles. The van der Waals surface area contributed by atoms with Gasteiger partial charge in [0.05, 0.1) is 13.2 Å². The monoisotopic (exact) mass is 1070 g/mol. The summed E-state index contributed by atoms with van der Waals surface area (Å²) in [4.78, 5) is 35.3. The highest BCUT2D eigenvalue weighted by Crippen LogP contribution is 2.43. The smallest absolute Gasteiger partial charge is 0.462 e. The van der Waals surface area contributed by atoms with Crippen molar-refractivity contribution in [2.45, 2.75) is 315 Å². The maximum atomic E-state index is 12.7. The number of carbonyl (C=O) groups is 2. The van der Waals surface area contributed by atoms with Crippen LogP contribution in [-0.2, 0) is 32.7 Å². The fourth-order valence-electron chi connectivity index (χ4n) is 9.15. The van der Waals surface area contributed by atoms with Crippen molar-refractivity contribution in [1.82, 2.24) is 0 Å². The lowest BCUT2D eigenvalue weighted by atomic mass is 10.0. The van der Waals surface area contributed by atoms with Crippen molar-refractivity contribution in [3.8, 4) is 0 Å². The Morgan fingerprint density at radius 2 is 0.693 bits per heavy atom. The largest absolute Gasteiger partial charge is 0.472 e. The zero-order chi connectivity index (χ0) is 54.5. The number of allylic oxidation sites excluding steroid dienone is 10. The Bertz CT molecular complexity index is 1410. The Labute approximate surface area is 463 Å². The Morgan fingerprint density at radius 1 is 0.400 bits per heavy atom. The van der Waals surface area contributed by atoms with Gasteiger partial charge >= 0.3 is 19.8 Å². The average molecular weight is 1070 g/mol. The molecule has 0 radical (unpaired) electrons. The van der Waals surface area contributed by atoms with Gasteiger partial charge in [0, 0.05) is 19.4 Å². The number of rotatable bonds is 60. The molecule has 0 aliphatic rings. The molecule has 0 fully saturated rings. The van der Waals surface area contributed by atoms with Crippen molar-refractivity contribution in [3.63, 3.8) is 0 Å². The van der Waals surface area contributed by atoms with E-state index in [1.54, 1.807) is 0 Å². The quantitative estimate of drug-likeness (QED) is 0.0264. The van der Waals surface area contributed by atoms with Crippen LogP contribution in [0.2, 0.25) is 0 Å². The van der Waals surface area contributed by atoms with Crippen molar-refractivity contribution in [2.75, 3.05) is 26.4 Å². The molecular weight excluding hydrogens is 954 g/mol. The molecule has 0 heterocycles. The minimum atomic E-state index is -4.39. The molecular formula is C65H120NO8P. The first-order chi connectivity index (χ1) is 36.8. The summed E-state index contributed by atoms with van der Waals surface area (Å²) in [6, 6.07) is 0. The molecule has 0 bridgehead atoms. The molecule has 0 aliphatic carbocycles. The number of carbonyl (C=O) groups excluding carboxylic acids is 2. The summed E-state index contributed by atoms with van der Waals surface area (Å²) in [6.07, 6.45) is 77.2. The molecule has 0 aromatic rings. The van der Waals surface area contributed by atoms with Crippen LogP contribution in [0.1, 0.15) is 309 Å². The van der Waals surface area contributed by atoms with Crippen molar-refractivity contribution < 1.29 is 37.6 Å². The summed E-state index contributed by atoms with van der Waals surface area (Å²) >= 11 is 0. The predicted octanol–water partition coefficient (Wildman–Crippen LogP) is 20.3. The number of hydrogen-bond acceptors (Lipinski definition) is 8. The lowest BCUT2D eigenvalue weighted by Gasteiger charge is -2.19. The van der Waals surface area contributed by atoms with Gasteiger partial charge < -0.3 is 20.1 Å².